The number of ether oxygens (including phenoxy) is 1. The van der Waals surface area contributed by atoms with Crippen LogP contribution in [0.3, 0.4) is 0 Å². The van der Waals surface area contributed by atoms with Gasteiger partial charge in [0.05, 0.1) is 18.4 Å². The first-order valence-corrected chi connectivity index (χ1v) is 8.01. The van der Waals surface area contributed by atoms with Gasteiger partial charge in [-0.1, -0.05) is 18.2 Å². The molecule has 4 nitrogen and oxygen atoms in total. The van der Waals surface area contributed by atoms with Gasteiger partial charge in [-0.3, -0.25) is 0 Å². The molecule has 2 aromatic carbocycles. The summed E-state index contributed by atoms with van der Waals surface area (Å²) in [6.07, 6.45) is 0. The number of anilines is 2. The Balaban J connectivity index is 2.02. The lowest BCUT2D eigenvalue weighted by Gasteiger charge is -2.14. The summed E-state index contributed by atoms with van der Waals surface area (Å²) in [7, 11) is 1.64. The van der Waals surface area contributed by atoms with Gasteiger partial charge in [0.25, 0.3) is 0 Å². The van der Waals surface area contributed by atoms with Gasteiger partial charge in [-0.15, -0.1) is 0 Å². The molecule has 0 aliphatic heterocycles. The zero-order valence-corrected chi connectivity index (χ0v) is 14.5. The van der Waals surface area contributed by atoms with Gasteiger partial charge in [0.1, 0.15) is 17.6 Å². The van der Waals surface area contributed by atoms with Gasteiger partial charge < -0.3 is 10.1 Å². The molecular weight excluding hydrogens is 310 g/mol. The summed E-state index contributed by atoms with van der Waals surface area (Å²) < 4.78 is 5.19. The molecule has 0 saturated heterocycles. The average Bonchev–Trinajstić information content (AvgIpc) is 2.65. The van der Waals surface area contributed by atoms with E-state index in [2.05, 4.69) is 16.4 Å². The van der Waals surface area contributed by atoms with E-state index in [1.54, 1.807) is 13.2 Å². The number of para-hydroxylation sites is 1. The van der Waals surface area contributed by atoms with Crippen LogP contribution in [-0.4, -0.2) is 12.1 Å². The van der Waals surface area contributed by atoms with E-state index in [1.807, 2.05) is 62.4 Å². The number of aromatic nitrogens is 1. The molecule has 0 fully saturated rings. The molecule has 0 bridgehead atoms. The van der Waals surface area contributed by atoms with Crippen molar-refractivity contribution in [3.63, 3.8) is 0 Å². The molecule has 0 amide bonds. The molecule has 0 aliphatic carbocycles. The minimum absolute atomic E-state index is 0.514. The van der Waals surface area contributed by atoms with Crippen molar-refractivity contribution in [2.45, 2.75) is 13.8 Å². The van der Waals surface area contributed by atoms with Gasteiger partial charge in [-0.05, 0) is 61.4 Å². The molecule has 0 radical (unpaired) electrons. The van der Waals surface area contributed by atoms with E-state index in [-0.39, 0.29) is 0 Å². The van der Waals surface area contributed by atoms with E-state index in [1.165, 1.54) is 0 Å². The quantitative estimate of drug-likeness (QED) is 0.732. The lowest BCUT2D eigenvalue weighted by molar-refractivity contribution is 0.415. The van der Waals surface area contributed by atoms with Crippen molar-refractivity contribution in [2.75, 3.05) is 12.4 Å². The molecule has 4 heteroatoms. The van der Waals surface area contributed by atoms with Crippen molar-refractivity contribution < 1.29 is 4.74 Å². The number of nitriles is 1. The number of nitrogens with one attached hydrogen (secondary N) is 1. The van der Waals surface area contributed by atoms with E-state index in [4.69, 9.17) is 4.74 Å². The van der Waals surface area contributed by atoms with Gasteiger partial charge in [0.15, 0.2) is 0 Å². The molecule has 1 aromatic heterocycles. The Morgan fingerprint density at radius 2 is 1.64 bits per heavy atom. The average molecular weight is 329 g/mol. The van der Waals surface area contributed by atoms with E-state index in [9.17, 15) is 5.26 Å². The SMILES string of the molecule is COc1ccc(-c2ccc(C#N)c(Nc3c(C)cccc3C)n2)cc1. The van der Waals surface area contributed by atoms with Crippen LogP contribution in [0.15, 0.2) is 54.6 Å². The fourth-order valence-electron chi connectivity index (χ4n) is 2.70. The van der Waals surface area contributed by atoms with Crippen LogP contribution in [0.4, 0.5) is 11.5 Å². The molecule has 25 heavy (non-hydrogen) atoms. The molecule has 3 rings (SSSR count). The topological polar surface area (TPSA) is 57.9 Å². The first-order valence-electron chi connectivity index (χ1n) is 8.01. The summed E-state index contributed by atoms with van der Waals surface area (Å²) >= 11 is 0. The van der Waals surface area contributed by atoms with Crippen LogP contribution in [-0.2, 0) is 0 Å². The number of hydrogen-bond acceptors (Lipinski definition) is 4. The maximum Gasteiger partial charge on any atom is 0.149 e. The summed E-state index contributed by atoms with van der Waals surface area (Å²) in [5.41, 5.74) is 5.49. The van der Waals surface area contributed by atoms with Gasteiger partial charge >= 0.3 is 0 Å². The second kappa shape index (κ2) is 7.06. The van der Waals surface area contributed by atoms with Crippen molar-refractivity contribution in [3.8, 4) is 23.1 Å². The highest BCUT2D eigenvalue weighted by molar-refractivity contribution is 5.71. The molecule has 3 aromatic rings. The zero-order valence-electron chi connectivity index (χ0n) is 14.5. The van der Waals surface area contributed by atoms with E-state index in [0.717, 1.165) is 33.8 Å². The number of benzene rings is 2. The van der Waals surface area contributed by atoms with E-state index in [0.29, 0.717) is 11.4 Å². The monoisotopic (exact) mass is 329 g/mol. The molecule has 124 valence electrons. The second-order valence-corrected chi connectivity index (χ2v) is 5.82. The number of aryl methyl sites for hydroxylation is 2. The van der Waals surface area contributed by atoms with Crippen LogP contribution in [0.25, 0.3) is 11.3 Å². The molecule has 1 heterocycles. The Morgan fingerprint density at radius 1 is 0.960 bits per heavy atom. The number of pyridine rings is 1. The molecule has 0 spiro atoms. The van der Waals surface area contributed by atoms with E-state index >= 15 is 0 Å². The summed E-state index contributed by atoms with van der Waals surface area (Å²) in [5, 5.41) is 12.8. The molecule has 0 aliphatic rings. The third-order valence-corrected chi connectivity index (χ3v) is 4.13. The first kappa shape index (κ1) is 16.5. The lowest BCUT2D eigenvalue weighted by Crippen LogP contribution is -2.01. The van der Waals surface area contributed by atoms with Crippen molar-refractivity contribution in [3.05, 3.63) is 71.3 Å². The highest BCUT2D eigenvalue weighted by Gasteiger charge is 2.10. The molecule has 1 N–H and O–H groups in total. The predicted octanol–water partition coefficient (Wildman–Crippen LogP) is 4.99. The largest absolute Gasteiger partial charge is 0.497 e. The van der Waals surface area contributed by atoms with Crippen molar-refractivity contribution in [2.24, 2.45) is 0 Å². The Bertz CT molecular complexity index is 920. The van der Waals surface area contributed by atoms with Crippen LogP contribution in [0.2, 0.25) is 0 Å². The van der Waals surface area contributed by atoms with Crippen LogP contribution in [0, 0.1) is 25.2 Å². The number of methoxy groups -OCH3 is 1. The van der Waals surface area contributed by atoms with Crippen LogP contribution in [0.5, 0.6) is 5.75 Å². The maximum absolute atomic E-state index is 9.42. The summed E-state index contributed by atoms with van der Waals surface area (Å²) in [5.74, 6) is 1.36. The minimum Gasteiger partial charge on any atom is -0.497 e. The highest BCUT2D eigenvalue weighted by Crippen LogP contribution is 2.28. The van der Waals surface area contributed by atoms with E-state index < -0.39 is 0 Å². The highest BCUT2D eigenvalue weighted by atomic mass is 16.5. The summed E-state index contributed by atoms with van der Waals surface area (Å²) in [4.78, 5) is 4.67. The van der Waals surface area contributed by atoms with Crippen LogP contribution in [0.1, 0.15) is 16.7 Å². The van der Waals surface area contributed by atoms with Crippen LogP contribution >= 0.6 is 0 Å². The molecule has 0 unspecified atom stereocenters. The second-order valence-electron chi connectivity index (χ2n) is 5.82. The van der Waals surface area contributed by atoms with Gasteiger partial charge in [-0.25, -0.2) is 4.98 Å². The maximum atomic E-state index is 9.42. The summed E-state index contributed by atoms with van der Waals surface area (Å²) in [6, 6.07) is 19.6. The van der Waals surface area contributed by atoms with Crippen molar-refractivity contribution >= 4 is 11.5 Å². The summed E-state index contributed by atoms with van der Waals surface area (Å²) in [6.45, 7) is 4.07. The smallest absolute Gasteiger partial charge is 0.149 e. The third kappa shape index (κ3) is 3.46. The van der Waals surface area contributed by atoms with Gasteiger partial charge in [0, 0.05) is 11.3 Å². The lowest BCUT2D eigenvalue weighted by atomic mass is 10.1. The normalized spacial score (nSPS) is 10.2. The third-order valence-electron chi connectivity index (χ3n) is 4.13. The predicted molar refractivity (Wildman–Crippen MR) is 100 cm³/mol. The number of hydrogen-bond donors (Lipinski definition) is 1. The fraction of sp³-hybridized carbons (Fsp3) is 0.143. The Hall–Kier alpha value is -3.32. The number of rotatable bonds is 4. The first-order chi connectivity index (χ1) is 12.1. The molecule has 0 atom stereocenters. The Labute approximate surface area is 147 Å². The molecule has 0 saturated carbocycles. The van der Waals surface area contributed by atoms with Gasteiger partial charge in [0.2, 0.25) is 0 Å². The molecular formula is C21H19N3O. The van der Waals surface area contributed by atoms with Crippen LogP contribution < -0.4 is 10.1 Å². The van der Waals surface area contributed by atoms with Gasteiger partial charge in [-0.2, -0.15) is 5.26 Å². The minimum atomic E-state index is 0.514. The van der Waals surface area contributed by atoms with Crippen molar-refractivity contribution in [1.82, 2.24) is 4.98 Å². The number of nitrogens with zero attached hydrogens (tertiary/aromatic N) is 2. The fourth-order valence-corrected chi connectivity index (χ4v) is 2.70. The Kier molecular flexibility index (Phi) is 4.67. The van der Waals surface area contributed by atoms with Crippen molar-refractivity contribution in [1.29, 1.82) is 5.26 Å². The Morgan fingerprint density at radius 3 is 2.24 bits per heavy atom. The standard InChI is InChI=1S/C21H19N3O/c1-14-5-4-6-15(2)20(14)24-21-17(13-22)9-12-19(23-21)16-7-10-18(25-3)11-8-16/h4-12H,1-3H3,(H,23,24). The zero-order chi connectivity index (χ0) is 17.8.